The number of ether oxygens (including phenoxy) is 2. The molecule has 4 aromatic rings. The second-order valence-electron chi connectivity index (χ2n) is 6.32. The highest BCUT2D eigenvalue weighted by Crippen LogP contribution is 2.31. The van der Waals surface area contributed by atoms with Crippen LogP contribution in [0, 0.1) is 0 Å². The van der Waals surface area contributed by atoms with E-state index in [-0.39, 0.29) is 11.3 Å². The quantitative estimate of drug-likeness (QED) is 0.447. The van der Waals surface area contributed by atoms with Crippen LogP contribution in [0.2, 0.25) is 0 Å². The van der Waals surface area contributed by atoms with Crippen LogP contribution >= 0.6 is 11.3 Å². The Morgan fingerprint density at radius 1 is 1.26 bits per heavy atom. The molecule has 0 aliphatic carbocycles. The van der Waals surface area contributed by atoms with E-state index in [0.29, 0.717) is 17.5 Å². The van der Waals surface area contributed by atoms with Gasteiger partial charge in [0.25, 0.3) is 5.56 Å². The van der Waals surface area contributed by atoms with Crippen LogP contribution in [0.5, 0.6) is 17.4 Å². The predicted molar refractivity (Wildman–Crippen MR) is 119 cm³/mol. The Hall–Kier alpha value is -3.92. The molecule has 0 amide bonds. The van der Waals surface area contributed by atoms with Crippen LogP contribution in [-0.2, 0) is 0 Å². The molecular weight excluding hydrogens is 420 g/mol. The van der Waals surface area contributed by atoms with E-state index in [1.165, 1.54) is 24.7 Å². The molecule has 2 heterocycles. The molecule has 0 fully saturated rings. The molecule has 10 heteroatoms. The minimum absolute atomic E-state index is 0.181. The molecule has 0 spiro atoms. The highest BCUT2D eigenvalue weighted by atomic mass is 32.1. The molecule has 2 N–H and O–H groups in total. The molecule has 158 valence electrons. The number of aromatic amines is 1. The zero-order valence-electron chi connectivity index (χ0n) is 16.7. The first kappa shape index (κ1) is 20.4. The highest BCUT2D eigenvalue weighted by molar-refractivity contribution is 7.22. The molecule has 0 atom stereocenters. The molecule has 0 radical (unpaired) electrons. The summed E-state index contributed by atoms with van der Waals surface area (Å²) in [5.41, 5.74) is -0.732. The number of para-hydroxylation sites is 2. The molecule has 0 saturated carbocycles. The Morgan fingerprint density at radius 3 is 2.84 bits per heavy atom. The van der Waals surface area contributed by atoms with Gasteiger partial charge in [0.15, 0.2) is 0 Å². The van der Waals surface area contributed by atoms with Gasteiger partial charge in [0.2, 0.25) is 11.0 Å². The van der Waals surface area contributed by atoms with Gasteiger partial charge in [-0.05, 0) is 37.3 Å². The fourth-order valence-corrected chi connectivity index (χ4v) is 3.86. The number of aromatic nitrogens is 3. The highest BCUT2D eigenvalue weighted by Gasteiger charge is 2.17. The maximum absolute atomic E-state index is 12.4. The summed E-state index contributed by atoms with van der Waals surface area (Å²) in [6.45, 7) is 2.46. The van der Waals surface area contributed by atoms with Crippen molar-refractivity contribution in [2.45, 2.75) is 6.92 Å². The second kappa shape index (κ2) is 8.44. The van der Waals surface area contributed by atoms with E-state index in [9.17, 15) is 14.7 Å². The van der Waals surface area contributed by atoms with E-state index in [0.717, 1.165) is 20.5 Å². The monoisotopic (exact) mass is 438 g/mol. The maximum Gasteiger partial charge on any atom is 0.335 e. The van der Waals surface area contributed by atoms with Gasteiger partial charge in [-0.3, -0.25) is 9.78 Å². The predicted octanol–water partition coefficient (Wildman–Crippen LogP) is 3.00. The van der Waals surface area contributed by atoms with E-state index in [1.807, 2.05) is 25.1 Å². The van der Waals surface area contributed by atoms with Crippen molar-refractivity contribution in [3.8, 4) is 23.1 Å². The number of fused-ring (bicyclic) bond motifs is 1. The van der Waals surface area contributed by atoms with Crippen LogP contribution in [0.15, 0.2) is 57.0 Å². The van der Waals surface area contributed by atoms with E-state index in [2.05, 4.69) is 15.0 Å². The van der Waals surface area contributed by atoms with Gasteiger partial charge < -0.3 is 14.6 Å². The third kappa shape index (κ3) is 3.92. The van der Waals surface area contributed by atoms with Crippen molar-refractivity contribution in [2.24, 2.45) is 4.99 Å². The van der Waals surface area contributed by atoms with Gasteiger partial charge >= 0.3 is 5.69 Å². The van der Waals surface area contributed by atoms with Crippen LogP contribution in [0.25, 0.3) is 15.9 Å². The fraction of sp³-hybridized carbons (Fsp3) is 0.143. The number of H-pyrrole nitrogens is 1. The SMILES string of the molecule is CCOc1ccc2nc(N=Cc3c(O)n(-c4ccccc4OC)c(=O)[nH]c3=O)sc2c1. The summed E-state index contributed by atoms with van der Waals surface area (Å²) in [5, 5.41) is 11.1. The Labute approximate surface area is 179 Å². The lowest BCUT2D eigenvalue weighted by molar-refractivity contribution is 0.341. The van der Waals surface area contributed by atoms with Crippen molar-refractivity contribution in [1.82, 2.24) is 14.5 Å². The number of aliphatic imine (C=N–C) groups is 1. The number of benzene rings is 2. The van der Waals surface area contributed by atoms with Crippen molar-refractivity contribution in [3.63, 3.8) is 0 Å². The second-order valence-corrected chi connectivity index (χ2v) is 7.33. The number of methoxy groups -OCH3 is 1. The van der Waals surface area contributed by atoms with Crippen molar-refractivity contribution in [3.05, 3.63) is 68.9 Å². The minimum Gasteiger partial charge on any atom is -0.495 e. The number of nitrogens with one attached hydrogen (secondary N) is 1. The Kier molecular flexibility index (Phi) is 5.54. The average Bonchev–Trinajstić information content (AvgIpc) is 3.16. The minimum atomic E-state index is -0.799. The van der Waals surface area contributed by atoms with Crippen LogP contribution in [0.4, 0.5) is 5.13 Å². The first-order valence-electron chi connectivity index (χ1n) is 9.31. The summed E-state index contributed by atoms with van der Waals surface area (Å²) < 4.78 is 12.6. The number of hydrogen-bond acceptors (Lipinski definition) is 8. The Balaban J connectivity index is 1.77. The molecule has 2 aromatic heterocycles. The average molecular weight is 438 g/mol. The molecule has 31 heavy (non-hydrogen) atoms. The number of aromatic hydroxyl groups is 1. The van der Waals surface area contributed by atoms with E-state index < -0.39 is 17.1 Å². The summed E-state index contributed by atoms with van der Waals surface area (Å²) >= 11 is 1.31. The third-order valence-corrected chi connectivity index (χ3v) is 5.34. The number of hydrogen-bond donors (Lipinski definition) is 2. The topological polar surface area (TPSA) is 119 Å². The van der Waals surface area contributed by atoms with Crippen LogP contribution < -0.4 is 20.7 Å². The summed E-state index contributed by atoms with van der Waals surface area (Å²) in [4.78, 5) is 35.5. The maximum atomic E-state index is 12.4. The summed E-state index contributed by atoms with van der Waals surface area (Å²) in [5.74, 6) is 0.528. The zero-order chi connectivity index (χ0) is 22.0. The lowest BCUT2D eigenvalue weighted by Gasteiger charge is -2.12. The molecule has 0 bridgehead atoms. The summed E-state index contributed by atoms with van der Waals surface area (Å²) in [6, 6.07) is 12.1. The summed E-state index contributed by atoms with van der Waals surface area (Å²) in [6.07, 6.45) is 1.18. The van der Waals surface area contributed by atoms with Gasteiger partial charge in [0.1, 0.15) is 17.1 Å². The first-order chi connectivity index (χ1) is 15.0. The van der Waals surface area contributed by atoms with E-state index in [1.54, 1.807) is 24.3 Å². The normalized spacial score (nSPS) is 11.3. The standard InChI is InChI=1S/C21H18N4O5S/c1-3-30-12-8-9-14-17(10-12)31-20(23-14)22-11-13-18(26)24-21(28)25(19(13)27)15-6-4-5-7-16(15)29-2/h4-11,27H,3H2,1-2H3,(H,24,26,28). The lowest BCUT2D eigenvalue weighted by atomic mass is 10.2. The lowest BCUT2D eigenvalue weighted by Crippen LogP contribution is -2.31. The van der Waals surface area contributed by atoms with Gasteiger partial charge in [-0.25, -0.2) is 19.3 Å². The number of nitrogens with zero attached hydrogens (tertiary/aromatic N) is 3. The van der Waals surface area contributed by atoms with Crippen molar-refractivity contribution in [1.29, 1.82) is 0 Å². The van der Waals surface area contributed by atoms with E-state index in [4.69, 9.17) is 9.47 Å². The van der Waals surface area contributed by atoms with Crippen LogP contribution in [0.1, 0.15) is 12.5 Å². The molecule has 4 rings (SSSR count). The molecule has 2 aromatic carbocycles. The number of thiazole rings is 1. The Bertz CT molecular complexity index is 1400. The van der Waals surface area contributed by atoms with Gasteiger partial charge in [-0.2, -0.15) is 0 Å². The fourth-order valence-electron chi connectivity index (χ4n) is 3.02. The smallest absolute Gasteiger partial charge is 0.335 e. The Morgan fingerprint density at radius 2 is 2.06 bits per heavy atom. The number of rotatable bonds is 6. The molecule has 0 aliphatic rings. The zero-order valence-corrected chi connectivity index (χ0v) is 17.5. The van der Waals surface area contributed by atoms with Gasteiger partial charge in [0, 0.05) is 6.21 Å². The molecule has 0 saturated heterocycles. The van der Waals surface area contributed by atoms with Crippen molar-refractivity contribution in [2.75, 3.05) is 13.7 Å². The molecule has 0 aliphatic heterocycles. The molecule has 9 nitrogen and oxygen atoms in total. The van der Waals surface area contributed by atoms with Gasteiger partial charge in [-0.15, -0.1) is 0 Å². The largest absolute Gasteiger partial charge is 0.495 e. The van der Waals surface area contributed by atoms with Crippen LogP contribution in [-0.4, -0.2) is 39.6 Å². The van der Waals surface area contributed by atoms with Gasteiger partial charge in [-0.1, -0.05) is 23.5 Å². The van der Waals surface area contributed by atoms with Crippen molar-refractivity contribution < 1.29 is 14.6 Å². The molecule has 0 unspecified atom stereocenters. The van der Waals surface area contributed by atoms with E-state index >= 15 is 0 Å². The van der Waals surface area contributed by atoms with Gasteiger partial charge in [0.05, 0.1) is 29.6 Å². The molecular formula is C21H18N4O5S. The third-order valence-electron chi connectivity index (χ3n) is 4.41. The first-order valence-corrected chi connectivity index (χ1v) is 10.1. The summed E-state index contributed by atoms with van der Waals surface area (Å²) in [7, 11) is 1.44. The van der Waals surface area contributed by atoms with Crippen molar-refractivity contribution >= 4 is 32.9 Å². The van der Waals surface area contributed by atoms with Crippen LogP contribution in [0.3, 0.4) is 0 Å².